The Morgan fingerprint density at radius 3 is 2.17 bits per heavy atom. The van der Waals surface area contributed by atoms with Gasteiger partial charge >= 0.3 is 0 Å². The van der Waals surface area contributed by atoms with Crippen molar-refractivity contribution in [2.45, 2.75) is 58.0 Å². The minimum atomic E-state index is 0.178. The van der Waals surface area contributed by atoms with Crippen LogP contribution in [0.2, 0.25) is 0 Å². The number of rotatable bonds is 2. The van der Waals surface area contributed by atoms with Gasteiger partial charge in [-0.2, -0.15) is 11.5 Å². The molecule has 1 nitrogen and oxygen atoms in total. The minimum absolute atomic E-state index is 0.178. The van der Waals surface area contributed by atoms with Crippen LogP contribution in [0.3, 0.4) is 0 Å². The number of hydrogen-bond donors (Lipinski definition) is 0. The van der Waals surface area contributed by atoms with Crippen molar-refractivity contribution in [3.05, 3.63) is 24.3 Å². The molecule has 2 rings (SSSR count). The van der Waals surface area contributed by atoms with Crippen molar-refractivity contribution in [3.8, 4) is 0 Å². The van der Waals surface area contributed by atoms with Crippen LogP contribution in [-0.2, 0) is 0 Å². The van der Waals surface area contributed by atoms with E-state index in [9.17, 15) is 0 Å². The quantitative estimate of drug-likeness (QED) is 0.734. The van der Waals surface area contributed by atoms with Crippen molar-refractivity contribution in [3.63, 3.8) is 0 Å². The van der Waals surface area contributed by atoms with Crippen molar-refractivity contribution in [2.24, 2.45) is 0 Å². The SMILES string of the molecule is CC1(C)CCCC(C)(C)N1c1ccccc1[B]Cl. The molecule has 0 spiro atoms. The van der Waals surface area contributed by atoms with Gasteiger partial charge in [-0.1, -0.05) is 18.2 Å². The minimum Gasteiger partial charge on any atom is -0.362 e. The zero-order valence-corrected chi connectivity index (χ0v) is 12.6. The number of benzene rings is 1. The third kappa shape index (κ3) is 2.40. The molecule has 0 unspecified atom stereocenters. The highest BCUT2D eigenvalue weighted by molar-refractivity contribution is 7.01. The summed E-state index contributed by atoms with van der Waals surface area (Å²) in [6, 6.07) is 8.41. The topological polar surface area (TPSA) is 3.24 Å². The van der Waals surface area contributed by atoms with Crippen LogP contribution < -0.4 is 10.4 Å². The molecule has 0 saturated carbocycles. The molecule has 1 aliphatic rings. The van der Waals surface area contributed by atoms with Crippen molar-refractivity contribution in [1.82, 2.24) is 0 Å². The Kier molecular flexibility index (Phi) is 3.69. The number of hydrogen-bond acceptors (Lipinski definition) is 1. The van der Waals surface area contributed by atoms with Crippen LogP contribution >= 0.6 is 11.5 Å². The summed E-state index contributed by atoms with van der Waals surface area (Å²) in [4.78, 5) is 2.55. The van der Waals surface area contributed by atoms with Crippen LogP contribution in [-0.4, -0.2) is 17.8 Å². The van der Waals surface area contributed by atoms with Crippen molar-refractivity contribution in [2.75, 3.05) is 4.90 Å². The highest BCUT2D eigenvalue weighted by Crippen LogP contribution is 2.41. The zero-order chi connectivity index (χ0) is 13.4. The molecule has 1 fully saturated rings. The molecule has 1 aliphatic heterocycles. The molecule has 1 heterocycles. The maximum absolute atomic E-state index is 5.99. The maximum atomic E-state index is 5.99. The number of halogens is 1. The number of piperidine rings is 1. The Morgan fingerprint density at radius 1 is 1.06 bits per heavy atom. The summed E-state index contributed by atoms with van der Waals surface area (Å²) < 4.78 is 0. The van der Waals surface area contributed by atoms with E-state index in [0.29, 0.717) is 0 Å². The summed E-state index contributed by atoms with van der Waals surface area (Å²) in [7, 11) is 0. The summed E-state index contributed by atoms with van der Waals surface area (Å²) in [5.41, 5.74) is 2.72. The lowest BCUT2D eigenvalue weighted by Crippen LogP contribution is -2.60. The van der Waals surface area contributed by atoms with Gasteiger partial charge in [0.1, 0.15) is 0 Å². The number of anilines is 1. The van der Waals surface area contributed by atoms with Crippen LogP contribution in [0.15, 0.2) is 24.3 Å². The molecular formula is C15H22BClN. The van der Waals surface area contributed by atoms with Crippen molar-refractivity contribution < 1.29 is 0 Å². The molecule has 0 aliphatic carbocycles. The van der Waals surface area contributed by atoms with Gasteiger partial charge < -0.3 is 4.90 Å². The average molecular weight is 263 g/mol. The molecule has 1 aromatic rings. The van der Waals surface area contributed by atoms with E-state index in [4.69, 9.17) is 11.5 Å². The first-order valence-electron chi connectivity index (χ1n) is 6.71. The lowest BCUT2D eigenvalue weighted by molar-refractivity contribution is 0.244. The van der Waals surface area contributed by atoms with Gasteiger partial charge in [-0.15, -0.1) is 0 Å². The normalized spacial score (nSPS) is 21.7. The van der Waals surface area contributed by atoms with E-state index in [1.165, 1.54) is 24.9 Å². The van der Waals surface area contributed by atoms with Crippen molar-refractivity contribution in [1.29, 1.82) is 0 Å². The van der Waals surface area contributed by atoms with Crippen LogP contribution in [0, 0.1) is 0 Å². The standard InChI is InChI=1S/C15H22BClN/c1-14(2)10-7-11-15(3,4)18(14)13-9-6-5-8-12(13)16-17/h5-6,8-9H,7,10-11H2,1-4H3. The molecule has 3 heteroatoms. The maximum Gasteiger partial charge on any atom is 0.277 e. The predicted octanol–water partition coefficient (Wildman–Crippen LogP) is 3.72. The zero-order valence-electron chi connectivity index (χ0n) is 11.8. The summed E-state index contributed by atoms with van der Waals surface area (Å²) in [5.74, 6) is 0. The molecule has 0 atom stereocenters. The van der Waals surface area contributed by atoms with Gasteiger partial charge in [0, 0.05) is 16.8 Å². The lowest BCUT2D eigenvalue weighted by Gasteiger charge is -2.55. The highest BCUT2D eigenvalue weighted by Gasteiger charge is 2.41. The fraction of sp³-hybridized carbons (Fsp3) is 0.600. The van der Waals surface area contributed by atoms with E-state index in [1.807, 2.05) is 6.07 Å². The average Bonchev–Trinajstić information content (AvgIpc) is 2.27. The second-order valence-corrected chi connectivity index (χ2v) is 6.70. The molecule has 0 bridgehead atoms. The third-order valence-electron chi connectivity index (χ3n) is 4.08. The van der Waals surface area contributed by atoms with Gasteiger partial charge in [-0.25, -0.2) is 0 Å². The van der Waals surface area contributed by atoms with E-state index in [0.717, 1.165) is 5.46 Å². The summed E-state index contributed by atoms with van der Waals surface area (Å²) >= 11 is 5.99. The van der Waals surface area contributed by atoms with Crippen LogP contribution in [0.1, 0.15) is 47.0 Å². The number of para-hydroxylation sites is 1. The molecule has 1 saturated heterocycles. The van der Waals surface area contributed by atoms with E-state index in [1.54, 1.807) is 6.69 Å². The molecule has 1 radical (unpaired) electrons. The number of nitrogens with zero attached hydrogens (tertiary/aromatic N) is 1. The third-order valence-corrected chi connectivity index (χ3v) is 4.32. The Morgan fingerprint density at radius 2 is 1.61 bits per heavy atom. The Labute approximate surface area is 117 Å². The predicted molar refractivity (Wildman–Crippen MR) is 82.2 cm³/mol. The smallest absolute Gasteiger partial charge is 0.277 e. The summed E-state index contributed by atoms with van der Waals surface area (Å²) in [6.45, 7) is 11.0. The first-order chi connectivity index (χ1) is 8.38. The van der Waals surface area contributed by atoms with Crippen molar-refractivity contribution >= 4 is 29.3 Å². The molecule has 0 N–H and O–H groups in total. The van der Waals surface area contributed by atoms with Gasteiger partial charge in [-0.05, 0) is 58.5 Å². The molecule has 0 aromatic heterocycles. The van der Waals surface area contributed by atoms with Gasteiger partial charge in [-0.3, -0.25) is 0 Å². The summed E-state index contributed by atoms with van der Waals surface area (Å²) in [6.07, 6.45) is 3.75. The molecule has 0 amide bonds. The largest absolute Gasteiger partial charge is 0.362 e. The molecule has 18 heavy (non-hydrogen) atoms. The highest BCUT2D eigenvalue weighted by atomic mass is 35.5. The van der Waals surface area contributed by atoms with Crippen LogP contribution in [0.25, 0.3) is 0 Å². The Hall–Kier alpha value is -0.625. The van der Waals surface area contributed by atoms with Gasteiger partial charge in [0.15, 0.2) is 0 Å². The van der Waals surface area contributed by atoms with E-state index in [-0.39, 0.29) is 11.1 Å². The van der Waals surface area contributed by atoms with Crippen LogP contribution in [0.5, 0.6) is 0 Å². The monoisotopic (exact) mass is 262 g/mol. The second-order valence-electron chi connectivity index (χ2n) is 6.48. The molecular weight excluding hydrogens is 240 g/mol. The molecule has 97 valence electrons. The van der Waals surface area contributed by atoms with E-state index in [2.05, 4.69) is 50.8 Å². The second kappa shape index (κ2) is 4.81. The Bertz CT molecular complexity index is 412. The first kappa shape index (κ1) is 13.8. The molecule has 1 aromatic carbocycles. The van der Waals surface area contributed by atoms with Crippen LogP contribution in [0.4, 0.5) is 5.69 Å². The Balaban J connectivity index is 2.50. The van der Waals surface area contributed by atoms with Gasteiger partial charge in [0.2, 0.25) is 0 Å². The fourth-order valence-electron chi connectivity index (χ4n) is 3.43. The van der Waals surface area contributed by atoms with Gasteiger partial charge in [0.05, 0.1) is 0 Å². The fourth-order valence-corrected chi connectivity index (χ4v) is 3.62. The van der Waals surface area contributed by atoms with E-state index < -0.39 is 0 Å². The van der Waals surface area contributed by atoms with Gasteiger partial charge in [0.25, 0.3) is 6.69 Å². The summed E-state index contributed by atoms with van der Waals surface area (Å²) in [5, 5.41) is 0. The van der Waals surface area contributed by atoms with E-state index >= 15 is 0 Å². The lowest BCUT2D eigenvalue weighted by atomic mass is 9.77. The first-order valence-corrected chi connectivity index (χ1v) is 7.15.